The molecule has 0 radical (unpaired) electrons. The first-order chi connectivity index (χ1) is 7.06. The highest BCUT2D eigenvalue weighted by Crippen LogP contribution is 1.80. The third kappa shape index (κ3) is 2.71. The minimum Gasteiger partial charge on any atom is -0.465 e. The molecule has 78 valence electrons. The number of hydrogen-bond acceptors (Lipinski definition) is 4. The maximum absolute atomic E-state index is 11.6. The smallest absolute Gasteiger partial charge is 0.327 e. The SMILES string of the molecule is Bc1cnn(CC(=O)OCC)c(=O)c1B. The van der Waals surface area contributed by atoms with E-state index in [1.807, 2.05) is 0 Å². The van der Waals surface area contributed by atoms with Gasteiger partial charge in [-0.25, -0.2) is 4.68 Å². The van der Waals surface area contributed by atoms with Gasteiger partial charge in [0.25, 0.3) is 5.56 Å². The standard InChI is InChI=1S/C8H12B2N2O3/c1-2-15-6(13)4-12-8(14)7(10)5(9)3-11-12/h3H,2,4,9-10H2,1H3. The van der Waals surface area contributed by atoms with Crippen molar-refractivity contribution < 1.29 is 9.53 Å². The fourth-order valence-electron chi connectivity index (χ4n) is 1.11. The average Bonchev–Trinajstić information content (AvgIpc) is 2.20. The highest BCUT2D eigenvalue weighted by molar-refractivity contribution is 6.48. The van der Waals surface area contributed by atoms with E-state index in [2.05, 4.69) is 5.10 Å². The van der Waals surface area contributed by atoms with Gasteiger partial charge < -0.3 is 4.74 Å². The molecule has 0 amide bonds. The van der Waals surface area contributed by atoms with Gasteiger partial charge in [0.05, 0.1) is 6.61 Å². The quantitative estimate of drug-likeness (QED) is 0.377. The minimum absolute atomic E-state index is 0.131. The third-order valence-electron chi connectivity index (χ3n) is 2.12. The molecular formula is C8H12B2N2O3. The van der Waals surface area contributed by atoms with Gasteiger partial charge in [-0.1, -0.05) is 5.46 Å². The second kappa shape index (κ2) is 4.82. The maximum atomic E-state index is 11.6. The molecule has 0 aliphatic carbocycles. The van der Waals surface area contributed by atoms with Crippen molar-refractivity contribution in [1.29, 1.82) is 0 Å². The molecule has 0 fully saturated rings. The molecule has 0 saturated heterocycles. The molecule has 0 N–H and O–H groups in total. The third-order valence-corrected chi connectivity index (χ3v) is 2.12. The van der Waals surface area contributed by atoms with Gasteiger partial charge in [0, 0.05) is 6.20 Å². The van der Waals surface area contributed by atoms with E-state index in [9.17, 15) is 9.59 Å². The van der Waals surface area contributed by atoms with Crippen molar-refractivity contribution in [3.8, 4) is 0 Å². The Kier molecular flexibility index (Phi) is 3.71. The van der Waals surface area contributed by atoms with Crippen LogP contribution in [0.25, 0.3) is 0 Å². The number of esters is 1. The van der Waals surface area contributed by atoms with Crippen LogP contribution in [0.2, 0.25) is 0 Å². The molecule has 0 aromatic carbocycles. The van der Waals surface area contributed by atoms with Gasteiger partial charge in [0.15, 0.2) is 0 Å². The summed E-state index contributed by atoms with van der Waals surface area (Å²) < 4.78 is 5.84. The van der Waals surface area contributed by atoms with Crippen molar-refractivity contribution in [3.63, 3.8) is 0 Å². The van der Waals surface area contributed by atoms with Crippen LogP contribution in [0.4, 0.5) is 0 Å². The molecular weight excluding hydrogens is 194 g/mol. The Morgan fingerprint density at radius 3 is 2.87 bits per heavy atom. The first-order valence-electron chi connectivity index (χ1n) is 4.75. The van der Waals surface area contributed by atoms with Gasteiger partial charge in [-0.3, -0.25) is 9.59 Å². The lowest BCUT2D eigenvalue weighted by atomic mass is 9.83. The Hall–Kier alpha value is -1.52. The zero-order valence-corrected chi connectivity index (χ0v) is 9.11. The predicted octanol–water partition coefficient (Wildman–Crippen LogP) is -3.68. The molecule has 0 bridgehead atoms. The molecule has 1 aromatic heterocycles. The van der Waals surface area contributed by atoms with Gasteiger partial charge in [-0.05, 0) is 12.4 Å². The zero-order chi connectivity index (χ0) is 11.4. The van der Waals surface area contributed by atoms with Crippen LogP contribution in [0, 0.1) is 0 Å². The van der Waals surface area contributed by atoms with E-state index >= 15 is 0 Å². The van der Waals surface area contributed by atoms with Gasteiger partial charge in [-0.15, -0.1) is 0 Å². The van der Waals surface area contributed by atoms with E-state index < -0.39 is 5.97 Å². The molecule has 1 heterocycles. The summed E-state index contributed by atoms with van der Waals surface area (Å²) in [6.45, 7) is 1.89. The lowest BCUT2D eigenvalue weighted by molar-refractivity contribution is -0.144. The fraction of sp³-hybridized carbons (Fsp3) is 0.375. The Morgan fingerprint density at radius 1 is 1.60 bits per heavy atom. The summed E-state index contributed by atoms with van der Waals surface area (Å²) in [4.78, 5) is 22.8. The summed E-state index contributed by atoms with van der Waals surface area (Å²) in [5, 5.41) is 3.86. The van der Waals surface area contributed by atoms with Crippen LogP contribution in [-0.2, 0) is 16.1 Å². The number of aromatic nitrogens is 2. The summed E-state index contributed by atoms with van der Waals surface area (Å²) in [6, 6.07) is 0. The molecule has 0 atom stereocenters. The monoisotopic (exact) mass is 206 g/mol. The second-order valence-electron chi connectivity index (χ2n) is 3.22. The largest absolute Gasteiger partial charge is 0.465 e. The predicted molar refractivity (Wildman–Crippen MR) is 61.5 cm³/mol. The zero-order valence-electron chi connectivity index (χ0n) is 9.11. The molecule has 0 unspecified atom stereocenters. The van der Waals surface area contributed by atoms with Crippen LogP contribution in [0.5, 0.6) is 0 Å². The summed E-state index contributed by atoms with van der Waals surface area (Å²) >= 11 is 0. The lowest BCUT2D eigenvalue weighted by Gasteiger charge is -2.06. The molecule has 15 heavy (non-hydrogen) atoms. The highest BCUT2D eigenvalue weighted by atomic mass is 16.5. The molecule has 0 saturated carbocycles. The molecule has 0 aliphatic heterocycles. The Bertz CT molecular complexity index is 430. The van der Waals surface area contributed by atoms with Crippen molar-refractivity contribution >= 4 is 32.6 Å². The number of carbonyl (C=O) groups is 1. The van der Waals surface area contributed by atoms with Crippen molar-refractivity contribution in [3.05, 3.63) is 16.6 Å². The van der Waals surface area contributed by atoms with E-state index in [1.165, 1.54) is 0 Å². The number of rotatable bonds is 3. The molecule has 0 aliphatic rings. The fourth-order valence-corrected chi connectivity index (χ4v) is 1.11. The molecule has 1 rings (SSSR count). The summed E-state index contributed by atoms with van der Waals surface area (Å²) in [7, 11) is 3.51. The van der Waals surface area contributed by atoms with Crippen LogP contribution in [0.3, 0.4) is 0 Å². The Balaban J connectivity index is 2.92. The van der Waals surface area contributed by atoms with Crippen LogP contribution < -0.4 is 16.5 Å². The maximum Gasteiger partial charge on any atom is 0.327 e. The number of ether oxygens (including phenoxy) is 1. The van der Waals surface area contributed by atoms with Crippen molar-refractivity contribution in [2.24, 2.45) is 0 Å². The number of carbonyl (C=O) groups excluding carboxylic acids is 1. The van der Waals surface area contributed by atoms with Gasteiger partial charge >= 0.3 is 5.97 Å². The molecule has 1 aromatic rings. The lowest BCUT2D eigenvalue weighted by Crippen LogP contribution is -2.46. The molecule has 7 heteroatoms. The van der Waals surface area contributed by atoms with Crippen LogP contribution in [-0.4, -0.2) is 38.0 Å². The van der Waals surface area contributed by atoms with Crippen LogP contribution in [0.1, 0.15) is 6.92 Å². The minimum atomic E-state index is -0.449. The summed E-state index contributed by atoms with van der Waals surface area (Å²) in [5.74, 6) is -0.449. The van der Waals surface area contributed by atoms with Gasteiger partial charge in [0.2, 0.25) is 0 Å². The topological polar surface area (TPSA) is 61.2 Å². The van der Waals surface area contributed by atoms with Gasteiger partial charge in [-0.2, -0.15) is 5.10 Å². The van der Waals surface area contributed by atoms with Crippen molar-refractivity contribution in [2.75, 3.05) is 6.61 Å². The summed E-state index contributed by atoms with van der Waals surface area (Å²) in [5.41, 5.74) is 1.18. The number of hydrogen-bond donors (Lipinski definition) is 0. The first-order valence-corrected chi connectivity index (χ1v) is 4.75. The highest BCUT2D eigenvalue weighted by Gasteiger charge is 2.08. The normalized spacial score (nSPS) is 9.93. The Labute approximate surface area is 89.2 Å². The van der Waals surface area contributed by atoms with Gasteiger partial charge in [0.1, 0.15) is 22.2 Å². The molecule has 0 spiro atoms. The first kappa shape index (κ1) is 11.6. The number of nitrogens with zero attached hydrogens (tertiary/aromatic N) is 2. The van der Waals surface area contributed by atoms with E-state index in [0.717, 1.165) is 10.1 Å². The van der Waals surface area contributed by atoms with Crippen LogP contribution in [0.15, 0.2) is 11.0 Å². The van der Waals surface area contributed by atoms with E-state index in [4.69, 9.17) is 4.74 Å². The van der Waals surface area contributed by atoms with Crippen molar-refractivity contribution in [2.45, 2.75) is 13.5 Å². The van der Waals surface area contributed by atoms with Crippen LogP contribution >= 0.6 is 0 Å². The van der Waals surface area contributed by atoms with E-state index in [1.54, 1.807) is 28.8 Å². The van der Waals surface area contributed by atoms with E-state index in [0.29, 0.717) is 12.1 Å². The summed E-state index contributed by atoms with van der Waals surface area (Å²) in [6.07, 6.45) is 1.57. The molecule has 5 nitrogen and oxygen atoms in total. The van der Waals surface area contributed by atoms with E-state index in [-0.39, 0.29) is 12.1 Å². The average molecular weight is 206 g/mol. The van der Waals surface area contributed by atoms with Crippen molar-refractivity contribution in [1.82, 2.24) is 9.78 Å². The second-order valence-corrected chi connectivity index (χ2v) is 3.22. The Morgan fingerprint density at radius 2 is 2.27 bits per heavy atom.